The molecule has 0 saturated heterocycles. The van der Waals surface area contributed by atoms with E-state index in [9.17, 15) is 14.0 Å². The van der Waals surface area contributed by atoms with Gasteiger partial charge in [-0.1, -0.05) is 0 Å². The molecule has 1 aromatic heterocycles. The van der Waals surface area contributed by atoms with Crippen LogP contribution < -0.4 is 10.6 Å². The Labute approximate surface area is 130 Å². The fraction of sp³-hybridized carbons (Fsp3) is 0.0667. The van der Waals surface area contributed by atoms with Crippen LogP contribution in [0, 0.1) is 5.82 Å². The minimum atomic E-state index is -0.792. The molecule has 2 aromatic rings. The van der Waals surface area contributed by atoms with Gasteiger partial charge in [0.2, 0.25) is 5.91 Å². The molecule has 2 amide bonds. The molecule has 0 radical (unpaired) electrons. The number of nitrogens with one attached hydrogen (secondary N) is 2. The highest BCUT2D eigenvalue weighted by atomic mass is 32.1. The zero-order valence-electron chi connectivity index (χ0n) is 11.6. The zero-order valence-corrected chi connectivity index (χ0v) is 12.4. The third-order valence-corrected chi connectivity index (χ3v) is 3.33. The quantitative estimate of drug-likeness (QED) is 0.844. The number of carbonyl (C=O) groups is 2. The van der Waals surface area contributed by atoms with Gasteiger partial charge in [0.1, 0.15) is 5.82 Å². The number of halogens is 1. The Kier molecular flexibility index (Phi) is 5.26. The van der Waals surface area contributed by atoms with Gasteiger partial charge in [-0.3, -0.25) is 10.1 Å². The molecule has 22 heavy (non-hydrogen) atoms. The summed E-state index contributed by atoms with van der Waals surface area (Å²) >= 11 is 1.53. The molecule has 114 valence electrons. The molecular formula is C15H13FN2O3S. The molecule has 0 bridgehead atoms. The van der Waals surface area contributed by atoms with Crippen LogP contribution in [0.15, 0.2) is 41.1 Å². The van der Waals surface area contributed by atoms with Crippen molar-refractivity contribution in [2.75, 3.05) is 17.7 Å². The maximum atomic E-state index is 13.5. The number of thiophene rings is 1. The number of ether oxygens (including phenoxy) is 1. The van der Waals surface area contributed by atoms with Crippen LogP contribution in [0.3, 0.4) is 0 Å². The smallest absolute Gasteiger partial charge is 0.411 e. The molecule has 0 saturated carbocycles. The Balaban J connectivity index is 2.04. The normalized spacial score (nSPS) is 10.5. The summed E-state index contributed by atoms with van der Waals surface area (Å²) in [5.41, 5.74) is 1.20. The van der Waals surface area contributed by atoms with Crippen molar-refractivity contribution in [3.8, 4) is 0 Å². The molecule has 0 aliphatic carbocycles. The highest BCUT2D eigenvalue weighted by molar-refractivity contribution is 7.08. The van der Waals surface area contributed by atoms with Crippen molar-refractivity contribution < 1.29 is 18.7 Å². The van der Waals surface area contributed by atoms with E-state index in [1.54, 1.807) is 6.08 Å². The molecule has 0 unspecified atom stereocenters. The molecule has 7 heteroatoms. The molecule has 1 aromatic carbocycles. The number of methoxy groups -OCH3 is 1. The summed E-state index contributed by atoms with van der Waals surface area (Å²) in [5, 5.41) is 8.61. The lowest BCUT2D eigenvalue weighted by Gasteiger charge is -2.08. The van der Waals surface area contributed by atoms with E-state index in [4.69, 9.17) is 0 Å². The van der Waals surface area contributed by atoms with Crippen LogP contribution in [-0.2, 0) is 9.53 Å². The maximum Gasteiger partial charge on any atom is 0.411 e. The van der Waals surface area contributed by atoms with E-state index in [0.29, 0.717) is 5.69 Å². The van der Waals surface area contributed by atoms with Crippen LogP contribution in [0.2, 0.25) is 0 Å². The zero-order chi connectivity index (χ0) is 15.9. The van der Waals surface area contributed by atoms with E-state index in [1.807, 2.05) is 16.8 Å². The van der Waals surface area contributed by atoms with Crippen molar-refractivity contribution in [3.63, 3.8) is 0 Å². The van der Waals surface area contributed by atoms with Crippen LogP contribution in [-0.4, -0.2) is 19.1 Å². The Morgan fingerprint density at radius 3 is 2.77 bits per heavy atom. The predicted molar refractivity (Wildman–Crippen MR) is 84.4 cm³/mol. The lowest BCUT2D eigenvalue weighted by atomic mass is 10.2. The molecule has 0 aliphatic heterocycles. The van der Waals surface area contributed by atoms with Gasteiger partial charge in [-0.25, -0.2) is 9.18 Å². The predicted octanol–water partition coefficient (Wildman–Crippen LogP) is 3.72. The fourth-order valence-corrected chi connectivity index (χ4v) is 2.21. The van der Waals surface area contributed by atoms with E-state index in [-0.39, 0.29) is 11.6 Å². The van der Waals surface area contributed by atoms with Gasteiger partial charge in [0, 0.05) is 11.8 Å². The van der Waals surface area contributed by atoms with Gasteiger partial charge in [0.25, 0.3) is 0 Å². The second-order valence-corrected chi connectivity index (χ2v) is 4.97. The number of hydrogen-bond donors (Lipinski definition) is 2. The summed E-state index contributed by atoms with van der Waals surface area (Å²) in [6.07, 6.45) is 2.25. The van der Waals surface area contributed by atoms with Gasteiger partial charge in [-0.05, 0) is 46.7 Å². The largest absolute Gasteiger partial charge is 0.453 e. The summed E-state index contributed by atoms with van der Waals surface area (Å²) in [7, 11) is 1.17. The maximum absolute atomic E-state index is 13.5. The van der Waals surface area contributed by atoms with Crippen molar-refractivity contribution in [2.45, 2.75) is 0 Å². The van der Waals surface area contributed by atoms with Crippen LogP contribution in [0.5, 0.6) is 0 Å². The average Bonchev–Trinajstić information content (AvgIpc) is 3.02. The first kappa shape index (κ1) is 15.7. The van der Waals surface area contributed by atoms with Gasteiger partial charge >= 0.3 is 6.09 Å². The number of amides is 2. The van der Waals surface area contributed by atoms with Crippen molar-refractivity contribution in [2.24, 2.45) is 0 Å². The third-order valence-electron chi connectivity index (χ3n) is 2.63. The van der Waals surface area contributed by atoms with Crippen LogP contribution in [0.25, 0.3) is 6.08 Å². The Morgan fingerprint density at radius 2 is 2.09 bits per heavy atom. The molecule has 0 aliphatic rings. The second-order valence-electron chi connectivity index (χ2n) is 4.19. The van der Waals surface area contributed by atoms with Crippen molar-refractivity contribution in [1.29, 1.82) is 0 Å². The lowest BCUT2D eigenvalue weighted by Crippen LogP contribution is -2.13. The average molecular weight is 320 g/mol. The van der Waals surface area contributed by atoms with E-state index in [2.05, 4.69) is 15.4 Å². The van der Waals surface area contributed by atoms with Gasteiger partial charge in [0.05, 0.1) is 12.8 Å². The summed E-state index contributed by atoms with van der Waals surface area (Å²) < 4.78 is 17.9. The Bertz CT molecular complexity index is 699. The molecule has 0 fully saturated rings. The molecule has 1 heterocycles. The third kappa shape index (κ3) is 4.42. The number of carbonyl (C=O) groups excluding carboxylic acids is 2. The van der Waals surface area contributed by atoms with Crippen LogP contribution >= 0.6 is 11.3 Å². The molecule has 0 atom stereocenters. The second kappa shape index (κ2) is 7.37. The monoisotopic (exact) mass is 320 g/mol. The van der Waals surface area contributed by atoms with Gasteiger partial charge in [-0.2, -0.15) is 11.3 Å². The topological polar surface area (TPSA) is 67.4 Å². The van der Waals surface area contributed by atoms with E-state index in [0.717, 1.165) is 11.6 Å². The van der Waals surface area contributed by atoms with Crippen LogP contribution in [0.4, 0.5) is 20.6 Å². The fourth-order valence-electron chi connectivity index (χ4n) is 1.59. The first-order valence-corrected chi connectivity index (χ1v) is 7.18. The molecule has 2 N–H and O–H groups in total. The molecule has 5 nitrogen and oxygen atoms in total. The first-order chi connectivity index (χ1) is 10.6. The summed E-state index contributed by atoms with van der Waals surface area (Å²) in [4.78, 5) is 22.9. The van der Waals surface area contributed by atoms with Crippen molar-refractivity contribution >= 4 is 40.8 Å². The first-order valence-electron chi connectivity index (χ1n) is 6.24. The SMILES string of the molecule is COC(=O)Nc1cc(NC(=O)/C=C/c2ccsc2)ccc1F. The number of hydrogen-bond acceptors (Lipinski definition) is 4. The summed E-state index contributed by atoms with van der Waals surface area (Å²) in [6.45, 7) is 0. The molecule has 2 rings (SSSR count). The van der Waals surface area contributed by atoms with E-state index >= 15 is 0 Å². The highest BCUT2D eigenvalue weighted by Gasteiger charge is 2.08. The molecular weight excluding hydrogens is 307 g/mol. The van der Waals surface area contributed by atoms with Crippen LogP contribution in [0.1, 0.15) is 5.56 Å². The Hall–Kier alpha value is -2.67. The van der Waals surface area contributed by atoms with Gasteiger partial charge in [-0.15, -0.1) is 0 Å². The van der Waals surface area contributed by atoms with Gasteiger partial charge in [0.15, 0.2) is 0 Å². The van der Waals surface area contributed by atoms with Crippen molar-refractivity contribution in [3.05, 3.63) is 52.5 Å². The standard InChI is InChI=1S/C15H13FN2O3S/c1-21-15(20)18-13-8-11(3-4-12(13)16)17-14(19)5-2-10-6-7-22-9-10/h2-9H,1H3,(H,17,19)(H,18,20)/b5-2+. The Morgan fingerprint density at radius 1 is 1.27 bits per heavy atom. The molecule has 0 spiro atoms. The van der Waals surface area contributed by atoms with Crippen molar-refractivity contribution in [1.82, 2.24) is 0 Å². The lowest BCUT2D eigenvalue weighted by molar-refractivity contribution is -0.111. The highest BCUT2D eigenvalue weighted by Crippen LogP contribution is 2.20. The minimum Gasteiger partial charge on any atom is -0.453 e. The number of anilines is 2. The summed E-state index contributed by atoms with van der Waals surface area (Å²) in [5.74, 6) is -0.987. The number of benzene rings is 1. The van der Waals surface area contributed by atoms with Gasteiger partial charge < -0.3 is 10.1 Å². The minimum absolute atomic E-state index is 0.0773. The van der Waals surface area contributed by atoms with E-state index < -0.39 is 11.9 Å². The number of rotatable bonds is 4. The van der Waals surface area contributed by atoms with E-state index in [1.165, 1.54) is 36.7 Å². The summed E-state index contributed by atoms with van der Waals surface area (Å²) in [6, 6.07) is 5.73.